The highest BCUT2D eigenvalue weighted by Gasteiger charge is 2.17. The van der Waals surface area contributed by atoms with Crippen LogP contribution in [-0.4, -0.2) is 36.2 Å². The average Bonchev–Trinajstić information content (AvgIpc) is 3.18. The second-order valence-electron chi connectivity index (χ2n) is 5.72. The number of nitrogen functional groups attached to an aromatic ring is 1. The predicted molar refractivity (Wildman–Crippen MR) is 94.1 cm³/mol. The fourth-order valence-corrected chi connectivity index (χ4v) is 2.88. The van der Waals surface area contributed by atoms with Crippen molar-refractivity contribution in [3.8, 4) is 28.7 Å². The number of nitrogens with zero attached hydrogens (tertiary/aromatic N) is 6. The molecule has 0 atom stereocenters. The number of fused-ring (bicyclic) bond motifs is 1. The van der Waals surface area contributed by atoms with E-state index in [0.29, 0.717) is 17.5 Å². The molecule has 4 aromatic rings. The zero-order valence-corrected chi connectivity index (χ0v) is 14.1. The minimum absolute atomic E-state index is 0.402. The number of nitrogens with two attached hydrogens (primary N) is 1. The van der Waals surface area contributed by atoms with Crippen molar-refractivity contribution < 1.29 is 4.74 Å². The summed E-state index contributed by atoms with van der Waals surface area (Å²) in [6.45, 7) is 1.98. The highest BCUT2D eigenvalue weighted by Crippen LogP contribution is 2.31. The van der Waals surface area contributed by atoms with E-state index in [-0.39, 0.29) is 0 Å². The maximum absolute atomic E-state index is 6.21. The fourth-order valence-electron chi connectivity index (χ4n) is 2.88. The van der Waals surface area contributed by atoms with Gasteiger partial charge in [0.2, 0.25) is 5.82 Å². The summed E-state index contributed by atoms with van der Waals surface area (Å²) in [7, 11) is 3.52. The van der Waals surface area contributed by atoms with Crippen molar-refractivity contribution in [2.45, 2.75) is 6.92 Å². The van der Waals surface area contributed by atoms with Gasteiger partial charge < -0.3 is 15.0 Å². The molecule has 4 aromatic heterocycles. The molecule has 4 rings (SSSR count). The molecular formula is C17H17N7O. The maximum atomic E-state index is 6.21. The topological polar surface area (TPSA) is 96.1 Å². The third-order valence-electron chi connectivity index (χ3n) is 4.18. The second kappa shape index (κ2) is 5.59. The van der Waals surface area contributed by atoms with E-state index in [1.54, 1.807) is 24.0 Å². The van der Waals surface area contributed by atoms with Gasteiger partial charge in [0.1, 0.15) is 11.3 Å². The average molecular weight is 335 g/mol. The van der Waals surface area contributed by atoms with Crippen LogP contribution in [0.25, 0.3) is 28.4 Å². The molecule has 8 heteroatoms. The Morgan fingerprint density at radius 2 is 2.04 bits per heavy atom. The lowest BCUT2D eigenvalue weighted by Gasteiger charge is -2.04. The quantitative estimate of drug-likeness (QED) is 0.616. The summed E-state index contributed by atoms with van der Waals surface area (Å²) < 4.78 is 8.87. The van der Waals surface area contributed by atoms with Crippen molar-refractivity contribution in [3.05, 3.63) is 42.5 Å². The van der Waals surface area contributed by atoms with Crippen molar-refractivity contribution in [3.63, 3.8) is 0 Å². The first-order chi connectivity index (χ1) is 12.1. The minimum Gasteiger partial charge on any atom is -0.497 e. The molecule has 0 amide bonds. The van der Waals surface area contributed by atoms with Gasteiger partial charge in [-0.2, -0.15) is 0 Å². The predicted octanol–water partition coefficient (Wildman–Crippen LogP) is 2.09. The molecule has 0 unspecified atom stereocenters. The third-order valence-corrected chi connectivity index (χ3v) is 4.18. The van der Waals surface area contributed by atoms with Gasteiger partial charge in [-0.25, -0.2) is 14.5 Å². The fraction of sp³-hybridized carbons (Fsp3) is 0.176. The number of aromatic nitrogens is 6. The number of anilines is 1. The zero-order chi connectivity index (χ0) is 17.6. The molecule has 0 saturated carbocycles. The van der Waals surface area contributed by atoms with Gasteiger partial charge in [0.15, 0.2) is 11.6 Å². The van der Waals surface area contributed by atoms with Crippen molar-refractivity contribution in [1.82, 2.24) is 29.1 Å². The molecule has 4 heterocycles. The van der Waals surface area contributed by atoms with Crippen LogP contribution < -0.4 is 10.5 Å². The largest absolute Gasteiger partial charge is 0.497 e. The van der Waals surface area contributed by atoms with Crippen LogP contribution in [0, 0.1) is 6.92 Å². The minimum atomic E-state index is 0.402. The summed E-state index contributed by atoms with van der Waals surface area (Å²) >= 11 is 0. The van der Waals surface area contributed by atoms with Crippen molar-refractivity contribution in [2.75, 3.05) is 12.8 Å². The van der Waals surface area contributed by atoms with E-state index in [9.17, 15) is 0 Å². The Bertz CT molecular complexity index is 1080. The Kier molecular flexibility index (Phi) is 3.38. The molecule has 0 saturated heterocycles. The molecular weight excluding hydrogens is 318 g/mol. The van der Waals surface area contributed by atoms with Crippen molar-refractivity contribution in [1.29, 1.82) is 0 Å². The Morgan fingerprint density at radius 1 is 1.20 bits per heavy atom. The van der Waals surface area contributed by atoms with Crippen LogP contribution >= 0.6 is 0 Å². The number of aryl methyl sites for hydroxylation is 2. The highest BCUT2D eigenvalue weighted by atomic mass is 16.5. The summed E-state index contributed by atoms with van der Waals surface area (Å²) in [5, 5.41) is 4.57. The normalized spacial score (nSPS) is 11.2. The molecule has 2 N–H and O–H groups in total. The molecule has 0 aliphatic rings. The molecule has 0 radical (unpaired) electrons. The molecule has 0 fully saturated rings. The lowest BCUT2D eigenvalue weighted by Crippen LogP contribution is -2.05. The van der Waals surface area contributed by atoms with E-state index >= 15 is 0 Å². The van der Waals surface area contributed by atoms with Crippen LogP contribution in [0.3, 0.4) is 0 Å². The Morgan fingerprint density at radius 3 is 2.76 bits per heavy atom. The molecule has 8 nitrogen and oxygen atoms in total. The third kappa shape index (κ3) is 2.38. The van der Waals surface area contributed by atoms with Crippen LogP contribution in [-0.2, 0) is 7.05 Å². The van der Waals surface area contributed by atoms with Gasteiger partial charge in [0.05, 0.1) is 12.8 Å². The van der Waals surface area contributed by atoms with Crippen molar-refractivity contribution in [2.24, 2.45) is 7.05 Å². The van der Waals surface area contributed by atoms with E-state index in [0.717, 1.165) is 28.1 Å². The number of ether oxygens (including phenoxy) is 1. The zero-order valence-electron chi connectivity index (χ0n) is 14.1. The van der Waals surface area contributed by atoms with E-state index in [1.807, 2.05) is 43.1 Å². The van der Waals surface area contributed by atoms with E-state index in [2.05, 4.69) is 20.1 Å². The van der Waals surface area contributed by atoms with Gasteiger partial charge in [0, 0.05) is 43.5 Å². The van der Waals surface area contributed by atoms with Gasteiger partial charge in [-0.15, -0.1) is 5.10 Å². The molecule has 25 heavy (non-hydrogen) atoms. The van der Waals surface area contributed by atoms with Crippen LogP contribution in [0.2, 0.25) is 0 Å². The maximum Gasteiger partial charge on any atom is 0.218 e. The van der Waals surface area contributed by atoms with E-state index in [4.69, 9.17) is 10.5 Å². The van der Waals surface area contributed by atoms with E-state index < -0.39 is 0 Å². The number of hydrogen-bond acceptors (Lipinski definition) is 6. The van der Waals surface area contributed by atoms with Gasteiger partial charge in [-0.3, -0.25) is 4.98 Å². The number of rotatable bonds is 3. The molecule has 126 valence electrons. The highest BCUT2D eigenvalue weighted by molar-refractivity contribution is 5.81. The Labute approximate surface area is 143 Å². The van der Waals surface area contributed by atoms with Crippen LogP contribution in [0.1, 0.15) is 5.56 Å². The molecule has 0 aliphatic carbocycles. The van der Waals surface area contributed by atoms with Gasteiger partial charge in [0.25, 0.3) is 0 Å². The second-order valence-corrected chi connectivity index (χ2v) is 5.72. The molecule has 0 spiro atoms. The van der Waals surface area contributed by atoms with Gasteiger partial charge >= 0.3 is 0 Å². The number of methoxy groups -OCH3 is 1. The lowest BCUT2D eigenvalue weighted by atomic mass is 10.1. The summed E-state index contributed by atoms with van der Waals surface area (Å²) in [5.74, 6) is 2.27. The molecule has 0 aliphatic heterocycles. The summed E-state index contributed by atoms with van der Waals surface area (Å²) in [6, 6.07) is 3.69. The number of hydrogen-bond donors (Lipinski definition) is 1. The Hall–Kier alpha value is -3.42. The standard InChI is InChI=1S/C17H17N7O/c1-10-12(13-8-11(25-3)4-5-19-13)9-24-14(10)15(18)21-16(22-24)17-20-6-7-23(17)2/h4-9H,1-3H3,(H2,18,21,22). The van der Waals surface area contributed by atoms with Crippen LogP contribution in [0.5, 0.6) is 5.75 Å². The Balaban J connectivity index is 1.92. The number of imidazole rings is 1. The van der Waals surface area contributed by atoms with Crippen molar-refractivity contribution >= 4 is 11.3 Å². The SMILES string of the molecule is COc1ccnc(-c2cn3nc(-c4nccn4C)nc(N)c3c2C)c1. The first kappa shape index (κ1) is 15.1. The summed E-state index contributed by atoms with van der Waals surface area (Å²) in [4.78, 5) is 13.1. The van der Waals surface area contributed by atoms with Gasteiger partial charge in [-0.1, -0.05) is 0 Å². The summed E-state index contributed by atoms with van der Waals surface area (Å²) in [5.41, 5.74) is 9.65. The monoisotopic (exact) mass is 335 g/mol. The summed E-state index contributed by atoms with van der Waals surface area (Å²) in [6.07, 6.45) is 7.15. The first-order valence-corrected chi connectivity index (χ1v) is 7.72. The number of pyridine rings is 1. The molecule has 0 aromatic carbocycles. The smallest absolute Gasteiger partial charge is 0.218 e. The van der Waals surface area contributed by atoms with Crippen LogP contribution in [0.4, 0.5) is 5.82 Å². The molecule has 0 bridgehead atoms. The van der Waals surface area contributed by atoms with Crippen LogP contribution in [0.15, 0.2) is 36.9 Å². The lowest BCUT2D eigenvalue weighted by molar-refractivity contribution is 0.414. The first-order valence-electron chi connectivity index (χ1n) is 7.72. The van der Waals surface area contributed by atoms with E-state index in [1.165, 1.54) is 0 Å². The van der Waals surface area contributed by atoms with Gasteiger partial charge in [-0.05, 0) is 18.6 Å².